The number of hydrogen-bond acceptors (Lipinski definition) is 8. The van der Waals surface area contributed by atoms with Crippen molar-refractivity contribution in [1.82, 2.24) is 19.9 Å². The molecule has 5 rings (SSSR count). The summed E-state index contributed by atoms with van der Waals surface area (Å²) in [6.07, 6.45) is 0.395. The Kier molecular flexibility index (Phi) is 8.69. The minimum absolute atomic E-state index is 0.0685. The van der Waals surface area contributed by atoms with Gasteiger partial charge in [-0.1, -0.05) is 0 Å². The van der Waals surface area contributed by atoms with Gasteiger partial charge in [0.15, 0.2) is 0 Å². The van der Waals surface area contributed by atoms with E-state index in [0.29, 0.717) is 56.1 Å². The highest BCUT2D eigenvalue weighted by Crippen LogP contribution is 2.37. The quantitative estimate of drug-likeness (QED) is 0.408. The zero-order valence-electron chi connectivity index (χ0n) is 24.0. The first-order valence-corrected chi connectivity index (χ1v) is 14.0. The Morgan fingerprint density at radius 2 is 1.84 bits per heavy atom. The molecule has 0 unspecified atom stereocenters. The summed E-state index contributed by atoms with van der Waals surface area (Å²) in [7, 11) is 3.85. The second-order valence-electron chi connectivity index (χ2n) is 10.9. The van der Waals surface area contributed by atoms with E-state index in [-0.39, 0.29) is 23.3 Å². The summed E-state index contributed by atoms with van der Waals surface area (Å²) in [6, 6.07) is 3.29. The van der Waals surface area contributed by atoms with E-state index in [2.05, 4.69) is 25.2 Å². The van der Waals surface area contributed by atoms with Gasteiger partial charge >= 0.3 is 6.18 Å². The van der Waals surface area contributed by atoms with E-state index in [1.807, 2.05) is 30.8 Å². The smallest absolute Gasteiger partial charge is 0.381 e. The molecule has 2 aromatic heterocycles. The highest BCUT2D eigenvalue weighted by atomic mass is 19.4. The summed E-state index contributed by atoms with van der Waals surface area (Å²) in [5.74, 6) is -1.24. The van der Waals surface area contributed by atoms with Crippen LogP contribution in [0.2, 0.25) is 0 Å². The van der Waals surface area contributed by atoms with Crippen LogP contribution in [0.3, 0.4) is 0 Å². The molecule has 10 nitrogen and oxygen atoms in total. The fourth-order valence-electron chi connectivity index (χ4n) is 5.37. The topological polar surface area (TPSA) is 107 Å². The molecule has 0 bridgehead atoms. The fourth-order valence-corrected chi connectivity index (χ4v) is 5.37. The molecule has 0 spiro atoms. The molecule has 0 radical (unpaired) electrons. The van der Waals surface area contributed by atoms with E-state index in [4.69, 9.17) is 4.74 Å². The fraction of sp³-hybridized carbons (Fsp3) is 0.448. The number of aromatic nitrogens is 3. The van der Waals surface area contributed by atoms with Crippen LogP contribution in [0.5, 0.6) is 0 Å². The predicted molar refractivity (Wildman–Crippen MR) is 154 cm³/mol. The lowest BCUT2D eigenvalue weighted by molar-refractivity contribution is -0.138. The van der Waals surface area contributed by atoms with Gasteiger partial charge in [0.1, 0.15) is 5.82 Å². The SMILES string of the molecule is C[C@@H]1CN(c2cc(F)c(-c3cnc(N(C)C4CCOCC4)nc3)cc2NC(=O)c2c[nH]c(=O)cc2C(F)(F)F)CCN1C. The third kappa shape index (κ3) is 6.64. The summed E-state index contributed by atoms with van der Waals surface area (Å²) >= 11 is 0. The Morgan fingerprint density at radius 1 is 1.14 bits per heavy atom. The van der Waals surface area contributed by atoms with Gasteiger partial charge < -0.3 is 29.7 Å². The molecule has 2 saturated heterocycles. The maximum Gasteiger partial charge on any atom is 0.417 e. The summed E-state index contributed by atoms with van der Waals surface area (Å²) < 4.78 is 62.2. The number of piperazine rings is 1. The second-order valence-corrected chi connectivity index (χ2v) is 10.9. The summed E-state index contributed by atoms with van der Waals surface area (Å²) in [5.41, 5.74) is -2.30. The van der Waals surface area contributed by atoms with E-state index in [9.17, 15) is 22.8 Å². The average molecular weight is 604 g/mol. The molecule has 1 atom stereocenters. The van der Waals surface area contributed by atoms with Crippen molar-refractivity contribution in [2.45, 2.75) is 38.0 Å². The highest BCUT2D eigenvalue weighted by Gasteiger charge is 2.36. The lowest BCUT2D eigenvalue weighted by Crippen LogP contribution is -2.50. The van der Waals surface area contributed by atoms with Crippen LogP contribution < -0.4 is 20.7 Å². The molecule has 14 heteroatoms. The van der Waals surface area contributed by atoms with Crippen LogP contribution in [0.25, 0.3) is 11.1 Å². The first kappa shape index (κ1) is 30.4. The van der Waals surface area contributed by atoms with Gasteiger partial charge in [-0.2, -0.15) is 13.2 Å². The van der Waals surface area contributed by atoms with Crippen molar-refractivity contribution in [3.05, 3.63) is 64.1 Å². The van der Waals surface area contributed by atoms with Crippen molar-refractivity contribution in [2.75, 3.05) is 62.1 Å². The zero-order chi connectivity index (χ0) is 30.9. The number of rotatable bonds is 6. The van der Waals surface area contributed by atoms with Crippen molar-refractivity contribution in [2.24, 2.45) is 0 Å². The third-order valence-corrected chi connectivity index (χ3v) is 8.11. The van der Waals surface area contributed by atoms with E-state index in [1.165, 1.54) is 24.5 Å². The molecule has 4 heterocycles. The van der Waals surface area contributed by atoms with Gasteiger partial charge in [-0.25, -0.2) is 14.4 Å². The lowest BCUT2D eigenvalue weighted by Gasteiger charge is -2.39. The van der Waals surface area contributed by atoms with E-state index >= 15 is 4.39 Å². The highest BCUT2D eigenvalue weighted by molar-refractivity contribution is 6.07. The molecule has 0 aliphatic carbocycles. The summed E-state index contributed by atoms with van der Waals surface area (Å²) in [4.78, 5) is 41.8. The first-order valence-electron chi connectivity index (χ1n) is 14.0. The number of aromatic amines is 1. The maximum atomic E-state index is 15.7. The normalized spacial score (nSPS) is 18.5. The largest absolute Gasteiger partial charge is 0.417 e. The van der Waals surface area contributed by atoms with Gasteiger partial charge in [-0.15, -0.1) is 0 Å². The number of nitrogens with zero attached hydrogens (tertiary/aromatic N) is 5. The minimum atomic E-state index is -4.94. The van der Waals surface area contributed by atoms with Crippen LogP contribution in [-0.2, 0) is 10.9 Å². The molecule has 1 amide bonds. The van der Waals surface area contributed by atoms with E-state index in [0.717, 1.165) is 19.0 Å². The molecule has 2 N–H and O–H groups in total. The van der Waals surface area contributed by atoms with Gasteiger partial charge in [-0.3, -0.25) is 9.59 Å². The lowest BCUT2D eigenvalue weighted by atomic mass is 10.0. The number of carbonyl (C=O) groups excluding carboxylic acids is 1. The van der Waals surface area contributed by atoms with Gasteiger partial charge in [0, 0.05) is 87.8 Å². The number of alkyl halides is 3. The number of carbonyl (C=O) groups is 1. The van der Waals surface area contributed by atoms with Crippen LogP contribution in [0.1, 0.15) is 35.7 Å². The maximum absolute atomic E-state index is 15.7. The van der Waals surface area contributed by atoms with E-state index < -0.39 is 34.6 Å². The molecule has 2 aliphatic heterocycles. The Balaban J connectivity index is 1.51. The average Bonchev–Trinajstić information content (AvgIpc) is 2.99. The predicted octanol–water partition coefficient (Wildman–Crippen LogP) is 4.00. The third-order valence-electron chi connectivity index (χ3n) is 8.11. The zero-order valence-corrected chi connectivity index (χ0v) is 24.0. The molecule has 230 valence electrons. The van der Waals surface area contributed by atoms with Crippen molar-refractivity contribution in [3.8, 4) is 11.1 Å². The monoisotopic (exact) mass is 603 g/mol. The number of benzene rings is 1. The Morgan fingerprint density at radius 3 is 2.49 bits per heavy atom. The van der Waals surface area contributed by atoms with Crippen molar-refractivity contribution in [3.63, 3.8) is 0 Å². The van der Waals surface area contributed by atoms with Crippen molar-refractivity contribution < 1.29 is 27.1 Å². The molecule has 2 aliphatic rings. The molecule has 1 aromatic carbocycles. The molecule has 3 aromatic rings. The number of H-pyrrole nitrogens is 1. The van der Waals surface area contributed by atoms with Crippen LogP contribution in [0, 0.1) is 5.82 Å². The number of anilines is 3. The van der Waals surface area contributed by atoms with Gasteiger partial charge in [0.2, 0.25) is 11.5 Å². The molecule has 2 fully saturated rings. The second kappa shape index (κ2) is 12.3. The Hall–Kier alpha value is -4.04. The standard InChI is InChI=1S/C29H33F4N7O3/c1-17-16-40(7-6-38(17)2)25-12-23(30)20(18-13-35-28(36-14-18)39(3)19-4-8-43-9-5-19)10-24(25)37-27(42)21-15-34-26(41)11-22(21)29(31,32)33/h10-15,17,19H,4-9,16H2,1-3H3,(H,34,41)(H,37,42)/t17-/m1/s1. The van der Waals surface area contributed by atoms with Gasteiger partial charge in [0.25, 0.3) is 5.91 Å². The first-order chi connectivity index (χ1) is 20.4. The number of ether oxygens (including phenoxy) is 1. The van der Waals surface area contributed by atoms with Crippen molar-refractivity contribution >= 4 is 23.2 Å². The van der Waals surface area contributed by atoms with Gasteiger partial charge in [-0.05, 0) is 38.9 Å². The number of amides is 1. The Bertz CT molecular complexity index is 1520. The summed E-state index contributed by atoms with van der Waals surface area (Å²) in [5, 5.41) is 2.55. The number of hydrogen-bond donors (Lipinski definition) is 2. The molecule has 0 saturated carbocycles. The van der Waals surface area contributed by atoms with Crippen LogP contribution in [0.15, 0.2) is 41.6 Å². The van der Waals surface area contributed by atoms with Crippen molar-refractivity contribution in [1.29, 1.82) is 0 Å². The van der Waals surface area contributed by atoms with E-state index in [1.54, 1.807) is 0 Å². The summed E-state index contributed by atoms with van der Waals surface area (Å²) in [6.45, 7) is 4.96. The van der Waals surface area contributed by atoms with Crippen LogP contribution >= 0.6 is 0 Å². The number of likely N-dealkylation sites (N-methyl/N-ethyl adjacent to an activating group) is 1. The molecular weight excluding hydrogens is 570 g/mol. The molecule has 43 heavy (non-hydrogen) atoms. The number of halogens is 4. The van der Waals surface area contributed by atoms with Crippen LogP contribution in [-0.4, -0.2) is 84.8 Å². The van der Waals surface area contributed by atoms with Gasteiger partial charge in [0.05, 0.1) is 22.5 Å². The Labute approximate surface area is 245 Å². The number of pyridine rings is 1. The van der Waals surface area contributed by atoms with Crippen LogP contribution in [0.4, 0.5) is 34.9 Å². The molecular formula is C29H33F4N7O3. The number of nitrogens with one attached hydrogen (secondary N) is 2. The minimum Gasteiger partial charge on any atom is -0.381 e.